The molecule has 5 rings (SSSR count). The summed E-state index contributed by atoms with van der Waals surface area (Å²) in [7, 11) is 0. The van der Waals surface area contributed by atoms with Gasteiger partial charge in [0.1, 0.15) is 23.7 Å². The van der Waals surface area contributed by atoms with Crippen molar-refractivity contribution in [3.8, 4) is 5.75 Å². The maximum atomic E-state index is 13.6. The fraction of sp³-hybridized carbons (Fsp3) is 0.120. The van der Waals surface area contributed by atoms with Gasteiger partial charge in [-0.05, 0) is 48.0 Å². The second kappa shape index (κ2) is 8.16. The molecular formula is C25H18BrNO5. The Bertz CT molecular complexity index is 1390. The van der Waals surface area contributed by atoms with E-state index in [-0.39, 0.29) is 23.6 Å². The van der Waals surface area contributed by atoms with Gasteiger partial charge in [0.15, 0.2) is 5.43 Å². The zero-order valence-corrected chi connectivity index (χ0v) is 18.5. The van der Waals surface area contributed by atoms with Crippen LogP contribution in [-0.4, -0.2) is 17.4 Å². The lowest BCUT2D eigenvalue weighted by Gasteiger charge is -2.24. The summed E-state index contributed by atoms with van der Waals surface area (Å²) in [5, 5.41) is 0.412. The molecule has 1 atom stereocenters. The van der Waals surface area contributed by atoms with E-state index in [0.29, 0.717) is 34.6 Å². The van der Waals surface area contributed by atoms with Gasteiger partial charge in [-0.15, -0.1) is 0 Å². The largest absolute Gasteiger partial charge is 0.490 e. The highest BCUT2D eigenvalue weighted by molar-refractivity contribution is 9.10. The summed E-state index contributed by atoms with van der Waals surface area (Å²) in [6.07, 6.45) is 3.21. The van der Waals surface area contributed by atoms with Crippen LogP contribution in [0.1, 0.15) is 33.5 Å². The van der Waals surface area contributed by atoms with Gasteiger partial charge in [0.25, 0.3) is 5.91 Å². The molecule has 1 aliphatic rings. The minimum absolute atomic E-state index is 0.0544. The van der Waals surface area contributed by atoms with E-state index in [1.165, 1.54) is 0 Å². The van der Waals surface area contributed by atoms with Crippen LogP contribution >= 0.6 is 15.9 Å². The van der Waals surface area contributed by atoms with Crippen LogP contribution in [0.5, 0.6) is 5.75 Å². The minimum atomic E-state index is -0.644. The Labute approximate surface area is 191 Å². The zero-order valence-electron chi connectivity index (χ0n) is 16.9. The van der Waals surface area contributed by atoms with E-state index in [1.807, 2.05) is 24.3 Å². The first-order chi connectivity index (χ1) is 15.6. The van der Waals surface area contributed by atoms with E-state index in [4.69, 9.17) is 13.6 Å². The number of halogens is 1. The van der Waals surface area contributed by atoms with Gasteiger partial charge in [-0.2, -0.15) is 0 Å². The van der Waals surface area contributed by atoms with Crippen molar-refractivity contribution >= 4 is 32.8 Å². The van der Waals surface area contributed by atoms with Gasteiger partial charge in [-0.3, -0.25) is 9.59 Å². The molecule has 0 spiro atoms. The normalized spacial score (nSPS) is 15.2. The van der Waals surface area contributed by atoms with Crippen molar-refractivity contribution < 1.29 is 18.4 Å². The van der Waals surface area contributed by atoms with E-state index >= 15 is 0 Å². The first-order valence-corrected chi connectivity index (χ1v) is 10.8. The number of carbonyl (C=O) groups is 1. The van der Waals surface area contributed by atoms with Crippen LogP contribution in [0.2, 0.25) is 0 Å². The summed E-state index contributed by atoms with van der Waals surface area (Å²) >= 11 is 3.41. The number of ether oxygens (including phenoxy) is 1. The third kappa shape index (κ3) is 3.44. The molecule has 2 aromatic heterocycles. The molecule has 1 unspecified atom stereocenters. The SMILES string of the molecule is C=CCOc1cccc(C2c3c(oc4ccc(Br)cc4c3=O)C(=O)N2Cc2ccco2)c1. The number of nitrogens with zero attached hydrogens (tertiary/aromatic N) is 1. The van der Waals surface area contributed by atoms with Crippen LogP contribution in [0.15, 0.2) is 91.6 Å². The maximum Gasteiger partial charge on any atom is 0.291 e. The standard InChI is InChI=1S/C25H18BrNO5/c1-2-10-30-17-6-3-5-15(12-17)22-21-23(28)19-13-16(26)8-9-20(19)32-24(21)25(29)27(22)14-18-7-4-11-31-18/h2-9,11-13,22H,1,10,14H2. The molecule has 0 bridgehead atoms. The average Bonchev–Trinajstić information content (AvgIpc) is 3.41. The number of furan rings is 1. The summed E-state index contributed by atoms with van der Waals surface area (Å²) in [5.41, 5.74) is 1.19. The Balaban J connectivity index is 1.71. The maximum absolute atomic E-state index is 13.6. The van der Waals surface area contributed by atoms with Gasteiger partial charge < -0.3 is 18.5 Å². The molecule has 1 aliphatic heterocycles. The highest BCUT2D eigenvalue weighted by Gasteiger charge is 2.43. The van der Waals surface area contributed by atoms with Gasteiger partial charge >= 0.3 is 0 Å². The highest BCUT2D eigenvalue weighted by atomic mass is 79.9. The summed E-state index contributed by atoms with van der Waals surface area (Å²) in [5.74, 6) is 0.920. The summed E-state index contributed by atoms with van der Waals surface area (Å²) < 4.78 is 17.9. The number of fused-ring (bicyclic) bond motifs is 2. The lowest BCUT2D eigenvalue weighted by atomic mass is 9.98. The first kappa shape index (κ1) is 20.3. The third-order valence-electron chi connectivity index (χ3n) is 5.38. The van der Waals surface area contributed by atoms with Crippen LogP contribution in [0.25, 0.3) is 11.0 Å². The lowest BCUT2D eigenvalue weighted by Crippen LogP contribution is -2.29. The predicted octanol–water partition coefficient (Wildman–Crippen LogP) is 5.46. The molecule has 7 heteroatoms. The van der Waals surface area contributed by atoms with Crippen molar-refractivity contribution in [2.24, 2.45) is 0 Å². The monoisotopic (exact) mass is 491 g/mol. The van der Waals surface area contributed by atoms with Crippen molar-refractivity contribution in [2.45, 2.75) is 12.6 Å². The number of hydrogen-bond donors (Lipinski definition) is 0. The van der Waals surface area contributed by atoms with Crippen molar-refractivity contribution in [1.29, 1.82) is 0 Å². The molecule has 1 amide bonds. The number of amides is 1. The number of hydrogen-bond acceptors (Lipinski definition) is 5. The summed E-state index contributed by atoms with van der Waals surface area (Å²) in [6.45, 7) is 4.21. The molecule has 0 fully saturated rings. The molecule has 0 radical (unpaired) electrons. The number of carbonyl (C=O) groups excluding carboxylic acids is 1. The van der Waals surface area contributed by atoms with Crippen molar-refractivity contribution in [3.63, 3.8) is 0 Å². The predicted molar refractivity (Wildman–Crippen MR) is 123 cm³/mol. The fourth-order valence-corrected chi connectivity index (χ4v) is 4.36. The van der Waals surface area contributed by atoms with Crippen LogP contribution in [-0.2, 0) is 6.54 Å². The topological polar surface area (TPSA) is 72.9 Å². The fourth-order valence-electron chi connectivity index (χ4n) is 4.00. The molecule has 4 aromatic rings. The van der Waals surface area contributed by atoms with Crippen molar-refractivity contribution in [2.75, 3.05) is 6.61 Å². The first-order valence-electron chi connectivity index (χ1n) is 10.00. The molecule has 0 saturated heterocycles. The number of rotatable bonds is 6. The lowest BCUT2D eigenvalue weighted by molar-refractivity contribution is 0.0701. The molecule has 0 saturated carbocycles. The van der Waals surface area contributed by atoms with Gasteiger partial charge in [-0.1, -0.05) is 40.7 Å². The average molecular weight is 492 g/mol. The quantitative estimate of drug-likeness (QED) is 0.335. The Kier molecular flexibility index (Phi) is 5.19. The van der Waals surface area contributed by atoms with Crippen LogP contribution < -0.4 is 10.2 Å². The summed E-state index contributed by atoms with van der Waals surface area (Å²) in [4.78, 5) is 28.6. The van der Waals surface area contributed by atoms with E-state index < -0.39 is 6.04 Å². The van der Waals surface area contributed by atoms with Crippen LogP contribution in [0.3, 0.4) is 0 Å². The molecule has 3 heterocycles. The van der Waals surface area contributed by atoms with Crippen LogP contribution in [0, 0.1) is 0 Å². The molecule has 32 heavy (non-hydrogen) atoms. The van der Waals surface area contributed by atoms with Crippen LogP contribution in [0.4, 0.5) is 0 Å². The molecule has 6 nitrogen and oxygen atoms in total. The zero-order chi connectivity index (χ0) is 22.2. The molecule has 0 aliphatic carbocycles. The third-order valence-corrected chi connectivity index (χ3v) is 5.87. The van der Waals surface area contributed by atoms with Crippen molar-refractivity contribution in [3.05, 3.63) is 111 Å². The van der Waals surface area contributed by atoms with Gasteiger partial charge in [0.05, 0.1) is 29.8 Å². The van der Waals surface area contributed by atoms with Gasteiger partial charge in [-0.25, -0.2) is 0 Å². The van der Waals surface area contributed by atoms with Gasteiger partial charge in [0, 0.05) is 4.47 Å². The Morgan fingerprint density at radius 1 is 1.12 bits per heavy atom. The van der Waals surface area contributed by atoms with E-state index in [2.05, 4.69) is 22.5 Å². The minimum Gasteiger partial charge on any atom is -0.490 e. The highest BCUT2D eigenvalue weighted by Crippen LogP contribution is 2.40. The Morgan fingerprint density at radius 3 is 2.78 bits per heavy atom. The molecule has 2 aromatic carbocycles. The van der Waals surface area contributed by atoms with Crippen molar-refractivity contribution in [1.82, 2.24) is 4.90 Å². The van der Waals surface area contributed by atoms with E-state index in [0.717, 1.165) is 10.0 Å². The molecule has 0 N–H and O–H groups in total. The Morgan fingerprint density at radius 2 is 2.00 bits per heavy atom. The van der Waals surface area contributed by atoms with Gasteiger partial charge in [0.2, 0.25) is 5.76 Å². The number of benzene rings is 2. The van der Waals surface area contributed by atoms with E-state index in [9.17, 15) is 9.59 Å². The summed E-state index contributed by atoms with van der Waals surface area (Å²) in [6, 6.07) is 15.4. The van der Waals surface area contributed by atoms with E-state index in [1.54, 1.807) is 47.6 Å². The Hall–Kier alpha value is -3.58. The molecular weight excluding hydrogens is 474 g/mol. The smallest absolute Gasteiger partial charge is 0.291 e. The second-order valence-electron chi connectivity index (χ2n) is 7.40. The molecule has 160 valence electrons. The second-order valence-corrected chi connectivity index (χ2v) is 8.32.